The number of anilines is 1. The Hall–Kier alpha value is -3.80. The van der Waals surface area contributed by atoms with Crippen LogP contribution in [0.1, 0.15) is 33.9 Å². The molecule has 3 heterocycles. The highest BCUT2D eigenvalue weighted by Gasteiger charge is 2.55. The fourth-order valence-corrected chi connectivity index (χ4v) is 5.64. The highest BCUT2D eigenvalue weighted by Crippen LogP contribution is 2.49. The first-order valence-corrected chi connectivity index (χ1v) is 13.9. The number of rotatable bonds is 10. The van der Waals surface area contributed by atoms with E-state index in [0.717, 1.165) is 0 Å². The first-order chi connectivity index (χ1) is 18.9. The summed E-state index contributed by atoms with van der Waals surface area (Å²) >= 11 is 0. The van der Waals surface area contributed by atoms with Crippen LogP contribution in [0.25, 0.3) is 11.2 Å². The van der Waals surface area contributed by atoms with Crippen LogP contribution in [0, 0.1) is 16.7 Å². The summed E-state index contributed by atoms with van der Waals surface area (Å²) in [5.41, 5.74) is 3.52. The fraction of sp³-hybridized carbons (Fsp3) is 0.458. The monoisotopic (exact) mass is 575 g/mol. The van der Waals surface area contributed by atoms with Crippen LogP contribution in [-0.4, -0.2) is 61.6 Å². The van der Waals surface area contributed by atoms with Crippen molar-refractivity contribution in [2.45, 2.75) is 58.3 Å². The summed E-state index contributed by atoms with van der Waals surface area (Å²) in [6.07, 6.45) is -2.99. The number of nitrogens with one attached hydrogen (secondary N) is 2. The summed E-state index contributed by atoms with van der Waals surface area (Å²) in [4.78, 5) is 35.1. The van der Waals surface area contributed by atoms with Crippen LogP contribution in [0.4, 0.5) is 5.95 Å². The number of hydrogen-bond acceptors (Lipinski definition) is 12. The lowest BCUT2D eigenvalue weighted by Gasteiger charge is -2.26. The Bertz CT molecular complexity index is 1520. The van der Waals surface area contributed by atoms with Gasteiger partial charge in [0.15, 0.2) is 17.4 Å². The zero-order valence-electron chi connectivity index (χ0n) is 22.2. The summed E-state index contributed by atoms with van der Waals surface area (Å²) in [5, 5.41) is 23.7. The number of aromatic nitrogens is 4. The lowest BCUT2D eigenvalue weighted by atomic mass is 9.84. The maximum Gasteiger partial charge on any atom is 0.459 e. The van der Waals surface area contributed by atoms with Crippen molar-refractivity contribution in [1.29, 1.82) is 5.26 Å². The summed E-state index contributed by atoms with van der Waals surface area (Å²) in [7, 11) is -4.27. The predicted octanol–water partition coefficient (Wildman–Crippen LogP) is 1.62. The highest BCUT2D eigenvalue weighted by atomic mass is 31.2. The number of carbonyl (C=O) groups excluding carboxylic acids is 1. The van der Waals surface area contributed by atoms with Crippen LogP contribution in [0.5, 0.6) is 5.75 Å². The molecule has 1 aliphatic heterocycles. The molecule has 0 radical (unpaired) electrons. The molecule has 1 fully saturated rings. The molecule has 1 aliphatic rings. The van der Waals surface area contributed by atoms with Crippen LogP contribution in [-0.2, 0) is 23.4 Å². The normalized spacial score (nSPS) is 24.9. The molecule has 6 atom stereocenters. The quantitative estimate of drug-likeness (QED) is 0.200. The minimum atomic E-state index is -4.27. The Balaban J connectivity index is 1.59. The van der Waals surface area contributed by atoms with Gasteiger partial charge in [-0.2, -0.15) is 15.3 Å². The molecule has 0 spiro atoms. The third kappa shape index (κ3) is 5.86. The Morgan fingerprint density at radius 3 is 2.73 bits per heavy atom. The minimum absolute atomic E-state index is 0.0405. The average molecular weight is 576 g/mol. The van der Waals surface area contributed by atoms with Gasteiger partial charge in [0, 0.05) is 0 Å². The summed E-state index contributed by atoms with van der Waals surface area (Å²) in [6, 6.07) is 9.10. The van der Waals surface area contributed by atoms with Crippen molar-refractivity contribution in [2.75, 3.05) is 12.3 Å². The van der Waals surface area contributed by atoms with E-state index in [2.05, 4.69) is 26.1 Å². The van der Waals surface area contributed by atoms with Gasteiger partial charge < -0.3 is 24.8 Å². The third-order valence-corrected chi connectivity index (χ3v) is 7.81. The van der Waals surface area contributed by atoms with Crippen molar-refractivity contribution < 1.29 is 33.0 Å². The average Bonchev–Trinajstić information content (AvgIpc) is 3.42. The van der Waals surface area contributed by atoms with E-state index in [4.69, 9.17) is 24.3 Å². The second-order valence-corrected chi connectivity index (χ2v) is 11.4. The molecule has 1 saturated heterocycles. The van der Waals surface area contributed by atoms with Gasteiger partial charge in [0.25, 0.3) is 5.56 Å². The summed E-state index contributed by atoms with van der Waals surface area (Å²) < 4.78 is 37.5. The van der Waals surface area contributed by atoms with Crippen LogP contribution in [0.2, 0.25) is 0 Å². The van der Waals surface area contributed by atoms with E-state index in [-0.39, 0.29) is 22.9 Å². The molecule has 0 saturated carbocycles. The molecule has 0 bridgehead atoms. The van der Waals surface area contributed by atoms with Gasteiger partial charge in [0.1, 0.15) is 29.4 Å². The molecule has 1 aromatic carbocycles. The number of carbonyl (C=O) groups is 1. The molecule has 3 aromatic rings. The van der Waals surface area contributed by atoms with E-state index < -0.39 is 61.9 Å². The van der Waals surface area contributed by atoms with E-state index in [0.29, 0.717) is 0 Å². The number of hydrogen-bond donors (Lipinski definition) is 4. The van der Waals surface area contributed by atoms with Gasteiger partial charge in [0.2, 0.25) is 5.95 Å². The number of fused-ring (bicyclic) bond motifs is 1. The number of para-hydroxylation sites is 1. The smallest absolute Gasteiger partial charge is 0.459 e. The number of esters is 1. The van der Waals surface area contributed by atoms with Crippen molar-refractivity contribution in [3.05, 3.63) is 47.0 Å². The lowest BCUT2D eigenvalue weighted by molar-refractivity contribution is -0.149. The molecule has 214 valence electrons. The van der Waals surface area contributed by atoms with Crippen LogP contribution in [0.15, 0.2) is 41.5 Å². The molecule has 0 unspecified atom stereocenters. The molecular formula is C24H30N7O8P. The molecule has 0 aliphatic carbocycles. The number of nitrogens with zero attached hydrogens (tertiary/aromatic N) is 4. The second-order valence-electron chi connectivity index (χ2n) is 9.68. The van der Waals surface area contributed by atoms with E-state index >= 15 is 0 Å². The topological polar surface area (TPSA) is 217 Å². The first kappa shape index (κ1) is 29.2. The Morgan fingerprint density at radius 1 is 1.38 bits per heavy atom. The molecule has 0 amide bonds. The van der Waals surface area contributed by atoms with E-state index in [1.807, 2.05) is 0 Å². The maximum absolute atomic E-state index is 13.8. The van der Waals surface area contributed by atoms with Crippen molar-refractivity contribution in [3.63, 3.8) is 0 Å². The number of H-pyrrole nitrogens is 1. The van der Waals surface area contributed by atoms with Gasteiger partial charge in [-0.15, -0.1) is 0 Å². The van der Waals surface area contributed by atoms with Gasteiger partial charge in [-0.05, 0) is 39.8 Å². The van der Waals surface area contributed by atoms with E-state index in [1.54, 1.807) is 44.2 Å². The molecular weight excluding hydrogens is 545 g/mol. The van der Waals surface area contributed by atoms with Crippen LogP contribution in [0.3, 0.4) is 0 Å². The molecule has 16 heteroatoms. The van der Waals surface area contributed by atoms with Crippen LogP contribution >= 0.6 is 7.75 Å². The Labute approximate surface area is 228 Å². The number of benzene rings is 1. The Kier molecular flexibility index (Phi) is 8.29. The standard InChI is InChI=1S/C24H30N7O8P/c1-13(2)37-21(34)14(3)30-40(35,39-15-8-6-5-7-9-15)36-10-16-18(32)24(4,11-25)22(38-16)31-12-27-17-19(31)28-23(26)29-20(17)33/h5-9,12-14,16,18,22,32H,10H2,1-4H3,(H,30,35)(H3,26,28,29,33)/t14-,16-,18-,22-,24-,40-/m1/s1. The maximum atomic E-state index is 13.8. The van der Waals surface area contributed by atoms with E-state index in [9.17, 15) is 24.5 Å². The molecule has 4 rings (SSSR count). The SMILES string of the molecule is CC(C)OC(=O)[C@@H](C)N[P@@](=O)(OC[C@H]1O[C@@H](n2cnc3c(=O)[nH]c(N)nc32)[C@](C)(C#N)[C@@H]1O)Oc1ccccc1. The zero-order valence-corrected chi connectivity index (χ0v) is 23.1. The number of ether oxygens (including phenoxy) is 2. The first-order valence-electron chi connectivity index (χ1n) is 12.3. The van der Waals surface area contributed by atoms with Gasteiger partial charge in [-0.3, -0.25) is 23.7 Å². The van der Waals surface area contributed by atoms with Crippen molar-refractivity contribution >= 4 is 30.8 Å². The predicted molar refractivity (Wildman–Crippen MR) is 141 cm³/mol. The van der Waals surface area contributed by atoms with Crippen LogP contribution < -0.4 is 20.9 Å². The second kappa shape index (κ2) is 11.4. The number of nitriles is 1. The number of aromatic amines is 1. The van der Waals surface area contributed by atoms with Crippen molar-refractivity contribution in [3.8, 4) is 11.8 Å². The number of aliphatic hydroxyl groups is 1. The number of imidazole rings is 1. The Morgan fingerprint density at radius 2 is 2.08 bits per heavy atom. The lowest BCUT2D eigenvalue weighted by Crippen LogP contribution is -2.39. The molecule has 40 heavy (non-hydrogen) atoms. The summed E-state index contributed by atoms with van der Waals surface area (Å²) in [6.45, 7) is 5.72. The third-order valence-electron chi connectivity index (χ3n) is 6.16. The molecule has 2 aromatic heterocycles. The number of nitrogen functional groups attached to an aromatic ring is 1. The van der Waals surface area contributed by atoms with E-state index in [1.165, 1.54) is 24.7 Å². The number of aliphatic hydroxyl groups excluding tert-OH is 1. The highest BCUT2D eigenvalue weighted by molar-refractivity contribution is 7.52. The molecule has 15 nitrogen and oxygen atoms in total. The van der Waals surface area contributed by atoms with Crippen molar-refractivity contribution in [2.24, 2.45) is 5.41 Å². The zero-order chi connectivity index (χ0) is 29.2. The summed E-state index contributed by atoms with van der Waals surface area (Å²) in [5.74, 6) is -0.667. The van der Waals surface area contributed by atoms with Gasteiger partial charge in [-0.1, -0.05) is 18.2 Å². The fourth-order valence-electron chi connectivity index (χ4n) is 4.14. The van der Waals surface area contributed by atoms with Gasteiger partial charge in [-0.25, -0.2) is 9.55 Å². The van der Waals surface area contributed by atoms with Crippen molar-refractivity contribution in [1.82, 2.24) is 24.6 Å². The van der Waals surface area contributed by atoms with Gasteiger partial charge >= 0.3 is 13.7 Å². The van der Waals surface area contributed by atoms with Gasteiger partial charge in [0.05, 0.1) is 25.1 Å². The minimum Gasteiger partial charge on any atom is -0.462 e. The largest absolute Gasteiger partial charge is 0.462 e. The number of nitrogens with two attached hydrogens (primary N) is 1. The molecule has 5 N–H and O–H groups in total.